The monoisotopic (exact) mass is 296 g/mol. The van der Waals surface area contributed by atoms with Crippen LogP contribution in [0.2, 0.25) is 19.1 Å². The average Bonchev–Trinajstić information content (AvgIpc) is 2.49. The molecule has 0 fully saturated rings. The van der Waals surface area contributed by atoms with E-state index in [1.54, 1.807) is 5.19 Å². The van der Waals surface area contributed by atoms with Crippen molar-refractivity contribution in [2.75, 3.05) is 0 Å². The second-order valence-corrected chi connectivity index (χ2v) is 11.6. The van der Waals surface area contributed by atoms with E-state index in [0.717, 1.165) is 6.42 Å². The summed E-state index contributed by atoms with van der Waals surface area (Å²) in [5.41, 5.74) is 4.28. The van der Waals surface area contributed by atoms with Crippen molar-refractivity contribution in [3.63, 3.8) is 0 Å². The third-order valence-corrected chi connectivity index (χ3v) is 8.03. The van der Waals surface area contributed by atoms with Gasteiger partial charge in [-0.05, 0) is 30.9 Å². The topological polar surface area (TPSA) is 0 Å². The summed E-state index contributed by atoms with van der Waals surface area (Å²) in [6.07, 6.45) is 3.65. The Hall–Kier alpha value is -1.34. The van der Waals surface area contributed by atoms with Gasteiger partial charge in [-0.3, -0.25) is 0 Å². The van der Waals surface area contributed by atoms with E-state index in [0.29, 0.717) is 0 Å². The van der Waals surface area contributed by atoms with E-state index in [-0.39, 0.29) is 0 Å². The van der Waals surface area contributed by atoms with Gasteiger partial charge < -0.3 is 0 Å². The Morgan fingerprint density at radius 2 is 1.38 bits per heavy atom. The first-order valence-electron chi connectivity index (χ1n) is 8.16. The van der Waals surface area contributed by atoms with Crippen molar-refractivity contribution in [2.45, 2.75) is 52.2 Å². The molecule has 0 aliphatic carbocycles. The minimum Gasteiger partial charge on any atom is -0.0654 e. The highest BCUT2D eigenvalue weighted by Crippen LogP contribution is 2.16. The first-order chi connectivity index (χ1) is 10.0. The molecule has 0 aliphatic rings. The molecule has 0 aromatic heterocycles. The van der Waals surface area contributed by atoms with Crippen molar-refractivity contribution in [1.82, 2.24) is 0 Å². The lowest BCUT2D eigenvalue weighted by Crippen LogP contribution is -2.41. The maximum Gasteiger partial charge on any atom is 0.0806 e. The molecule has 21 heavy (non-hydrogen) atoms. The first-order valence-corrected chi connectivity index (χ1v) is 11.4. The Labute approximate surface area is 131 Å². The molecule has 0 saturated heterocycles. The smallest absolute Gasteiger partial charge is 0.0654 e. The van der Waals surface area contributed by atoms with Gasteiger partial charge in [0.05, 0.1) is 8.07 Å². The normalized spacial score (nSPS) is 11.6. The van der Waals surface area contributed by atoms with Gasteiger partial charge in [0.1, 0.15) is 0 Å². The van der Waals surface area contributed by atoms with E-state index in [1.165, 1.54) is 35.6 Å². The van der Waals surface area contributed by atoms with Crippen LogP contribution in [0.3, 0.4) is 0 Å². The van der Waals surface area contributed by atoms with Gasteiger partial charge in [-0.15, -0.1) is 0 Å². The van der Waals surface area contributed by atoms with Gasteiger partial charge in [0.15, 0.2) is 0 Å². The van der Waals surface area contributed by atoms with Crippen molar-refractivity contribution >= 4 is 13.3 Å². The maximum absolute atomic E-state index is 2.50. The Morgan fingerprint density at radius 3 is 1.95 bits per heavy atom. The number of hydrogen-bond acceptors (Lipinski definition) is 0. The molecule has 0 aliphatic heterocycles. The van der Waals surface area contributed by atoms with Crippen LogP contribution in [-0.2, 0) is 12.8 Å². The number of hydrogen-bond donors (Lipinski definition) is 0. The molecule has 0 bridgehead atoms. The highest BCUT2D eigenvalue weighted by molar-refractivity contribution is 6.89. The Bertz CT molecular complexity index is 549. The zero-order valence-corrected chi connectivity index (χ0v) is 14.9. The fraction of sp³-hybridized carbons (Fsp3) is 0.400. The van der Waals surface area contributed by atoms with E-state index in [4.69, 9.17) is 0 Å². The Balaban J connectivity index is 1.92. The van der Waals surface area contributed by atoms with Crippen LogP contribution in [0.1, 0.15) is 30.0 Å². The summed E-state index contributed by atoms with van der Waals surface area (Å²) in [4.78, 5) is 0. The van der Waals surface area contributed by atoms with Crippen LogP contribution in [0, 0.1) is 6.92 Å². The molecule has 0 nitrogen and oxygen atoms in total. The zero-order chi connectivity index (χ0) is 15.3. The van der Waals surface area contributed by atoms with Crippen molar-refractivity contribution in [2.24, 2.45) is 0 Å². The van der Waals surface area contributed by atoms with Crippen molar-refractivity contribution in [3.8, 4) is 0 Å². The van der Waals surface area contributed by atoms with Crippen LogP contribution < -0.4 is 5.19 Å². The van der Waals surface area contributed by atoms with E-state index in [1.807, 2.05) is 0 Å². The lowest BCUT2D eigenvalue weighted by Gasteiger charge is -2.23. The quantitative estimate of drug-likeness (QED) is 0.650. The summed E-state index contributed by atoms with van der Waals surface area (Å²) >= 11 is 0. The molecule has 2 aromatic carbocycles. The van der Waals surface area contributed by atoms with E-state index < -0.39 is 8.07 Å². The fourth-order valence-electron chi connectivity index (χ4n) is 2.83. The lowest BCUT2D eigenvalue weighted by atomic mass is 10.1. The molecule has 0 heterocycles. The third kappa shape index (κ3) is 4.57. The molecular weight excluding hydrogens is 268 g/mol. The highest BCUT2D eigenvalue weighted by Gasteiger charge is 2.22. The summed E-state index contributed by atoms with van der Waals surface area (Å²) in [5.74, 6) is 0. The van der Waals surface area contributed by atoms with Crippen LogP contribution in [0.5, 0.6) is 0 Å². The largest absolute Gasteiger partial charge is 0.0806 e. The molecule has 0 saturated carbocycles. The van der Waals surface area contributed by atoms with Gasteiger partial charge in [-0.25, -0.2) is 0 Å². The second-order valence-electron chi connectivity index (χ2n) is 6.77. The van der Waals surface area contributed by atoms with Crippen molar-refractivity contribution < 1.29 is 0 Å². The Kier molecular flexibility index (Phi) is 5.41. The predicted octanol–water partition coefficient (Wildman–Crippen LogP) is 5.11. The lowest BCUT2D eigenvalue weighted by molar-refractivity contribution is 0.903. The minimum atomic E-state index is -1.28. The average molecular weight is 297 g/mol. The first kappa shape index (κ1) is 16.0. The van der Waals surface area contributed by atoms with Gasteiger partial charge >= 0.3 is 0 Å². The molecule has 2 aromatic rings. The number of aryl methyl sites for hydroxylation is 3. The van der Waals surface area contributed by atoms with E-state index in [2.05, 4.69) is 75.5 Å². The minimum absolute atomic E-state index is 1.13. The molecular formula is C20H28Si. The summed E-state index contributed by atoms with van der Waals surface area (Å²) < 4.78 is 0. The van der Waals surface area contributed by atoms with Crippen LogP contribution in [0.15, 0.2) is 48.5 Å². The van der Waals surface area contributed by atoms with Crippen LogP contribution in [0.25, 0.3) is 0 Å². The second kappa shape index (κ2) is 7.08. The summed E-state index contributed by atoms with van der Waals surface area (Å²) in [7, 11) is -1.28. The van der Waals surface area contributed by atoms with Crippen molar-refractivity contribution in [3.05, 3.63) is 65.2 Å². The molecule has 0 atom stereocenters. The maximum atomic E-state index is 2.50. The van der Waals surface area contributed by atoms with Gasteiger partial charge in [0, 0.05) is 0 Å². The van der Waals surface area contributed by atoms with Gasteiger partial charge in [0.25, 0.3) is 0 Å². The Morgan fingerprint density at radius 1 is 0.810 bits per heavy atom. The summed E-state index contributed by atoms with van der Waals surface area (Å²) in [5, 5.41) is 1.60. The zero-order valence-electron chi connectivity index (χ0n) is 13.9. The summed E-state index contributed by atoms with van der Waals surface area (Å²) in [6.45, 7) is 9.38. The predicted molar refractivity (Wildman–Crippen MR) is 97.2 cm³/mol. The molecule has 0 spiro atoms. The van der Waals surface area contributed by atoms with E-state index in [9.17, 15) is 0 Å². The van der Waals surface area contributed by atoms with Gasteiger partial charge in [-0.2, -0.15) is 0 Å². The molecule has 0 amide bonds. The molecule has 0 unspecified atom stereocenters. The van der Waals surface area contributed by atoms with Crippen LogP contribution in [0.4, 0.5) is 0 Å². The van der Waals surface area contributed by atoms with Crippen LogP contribution >= 0.6 is 0 Å². The van der Waals surface area contributed by atoms with Gasteiger partial charge in [-0.1, -0.05) is 91.8 Å². The molecule has 2 rings (SSSR count). The van der Waals surface area contributed by atoms with Crippen LogP contribution in [-0.4, -0.2) is 8.07 Å². The third-order valence-electron chi connectivity index (χ3n) is 4.53. The molecule has 0 N–H and O–H groups in total. The standard InChI is InChI=1S/C20H28Si/c1-5-18-12-14-20(15-13-18)21(3,4)16-6-7-19-10-8-17(2)9-11-19/h8-15H,5-7,16H2,1-4H3. The molecule has 1 heteroatoms. The molecule has 112 valence electrons. The van der Waals surface area contributed by atoms with Crippen molar-refractivity contribution in [1.29, 1.82) is 0 Å². The fourth-order valence-corrected chi connectivity index (χ4v) is 5.24. The molecule has 0 radical (unpaired) electrons. The van der Waals surface area contributed by atoms with Gasteiger partial charge in [0.2, 0.25) is 0 Å². The summed E-state index contributed by atoms with van der Waals surface area (Å²) in [6, 6.07) is 19.7. The highest BCUT2D eigenvalue weighted by atomic mass is 28.3. The number of benzene rings is 2. The number of rotatable bonds is 6. The SMILES string of the molecule is CCc1ccc([Si](C)(C)CCCc2ccc(C)cc2)cc1. The van der Waals surface area contributed by atoms with E-state index >= 15 is 0 Å².